The summed E-state index contributed by atoms with van der Waals surface area (Å²) in [7, 11) is -1.32. The standard InChI is InChI=1S/C19H16F3N5OS/c1-3-29(28)14-4-5-16(27-9-7-15(25-27)19(20,21)22)24-18(14)13-11-26-8-6-12(2)10-17(26)23-13/h4-11H,3H2,1-2H3. The van der Waals surface area contributed by atoms with Crippen molar-refractivity contribution >= 4 is 16.4 Å². The van der Waals surface area contributed by atoms with Gasteiger partial charge in [0.1, 0.15) is 17.0 Å². The summed E-state index contributed by atoms with van der Waals surface area (Å²) in [6.07, 6.45) is 0.252. The summed E-state index contributed by atoms with van der Waals surface area (Å²) in [5.74, 6) is 0.557. The van der Waals surface area contributed by atoms with Crippen LogP contribution in [0.5, 0.6) is 0 Å². The van der Waals surface area contributed by atoms with Gasteiger partial charge in [-0.25, -0.2) is 14.6 Å². The van der Waals surface area contributed by atoms with E-state index < -0.39 is 22.7 Å². The van der Waals surface area contributed by atoms with Crippen LogP contribution < -0.4 is 0 Å². The molecule has 4 heterocycles. The molecule has 0 spiro atoms. The third kappa shape index (κ3) is 3.67. The summed E-state index contributed by atoms with van der Waals surface area (Å²) in [6, 6.07) is 7.80. The second-order valence-corrected chi connectivity index (χ2v) is 8.10. The smallest absolute Gasteiger partial charge is 0.306 e. The Morgan fingerprint density at radius 1 is 1.10 bits per heavy atom. The van der Waals surface area contributed by atoms with Crippen molar-refractivity contribution in [1.29, 1.82) is 0 Å². The summed E-state index contributed by atoms with van der Waals surface area (Å²) in [6.45, 7) is 3.73. The monoisotopic (exact) mass is 419 g/mol. The van der Waals surface area contributed by atoms with E-state index in [2.05, 4.69) is 15.1 Å². The number of aryl methyl sites for hydroxylation is 1. The molecule has 0 saturated carbocycles. The van der Waals surface area contributed by atoms with Gasteiger partial charge in [-0.15, -0.1) is 0 Å². The third-order valence-corrected chi connectivity index (χ3v) is 5.67. The van der Waals surface area contributed by atoms with E-state index in [0.29, 0.717) is 27.7 Å². The lowest BCUT2D eigenvalue weighted by Crippen LogP contribution is -2.08. The number of fused-ring (bicyclic) bond motifs is 1. The predicted molar refractivity (Wildman–Crippen MR) is 102 cm³/mol. The molecule has 0 fully saturated rings. The highest BCUT2D eigenvalue weighted by atomic mass is 32.2. The second kappa shape index (κ2) is 7.11. The van der Waals surface area contributed by atoms with E-state index in [1.165, 1.54) is 12.3 Å². The van der Waals surface area contributed by atoms with Gasteiger partial charge in [0.25, 0.3) is 0 Å². The molecular weight excluding hydrogens is 403 g/mol. The first-order chi connectivity index (χ1) is 13.8. The van der Waals surface area contributed by atoms with Gasteiger partial charge in [-0.05, 0) is 42.8 Å². The van der Waals surface area contributed by atoms with Crippen LogP contribution in [0.1, 0.15) is 18.2 Å². The van der Waals surface area contributed by atoms with E-state index in [0.717, 1.165) is 16.3 Å². The van der Waals surface area contributed by atoms with Crippen LogP contribution in [0.25, 0.3) is 22.9 Å². The van der Waals surface area contributed by atoms with Gasteiger partial charge >= 0.3 is 6.18 Å². The SMILES string of the molecule is CCS(=O)c1ccc(-n2ccc(C(F)(F)F)n2)nc1-c1cn2ccc(C)cc2n1. The highest BCUT2D eigenvalue weighted by Crippen LogP contribution is 2.29. The second-order valence-electron chi connectivity index (χ2n) is 6.39. The number of halogens is 3. The van der Waals surface area contributed by atoms with Crippen molar-refractivity contribution in [2.24, 2.45) is 0 Å². The van der Waals surface area contributed by atoms with E-state index >= 15 is 0 Å². The normalized spacial score (nSPS) is 13.1. The van der Waals surface area contributed by atoms with Crippen LogP contribution in [0, 0.1) is 6.92 Å². The molecule has 0 aliphatic carbocycles. The van der Waals surface area contributed by atoms with Gasteiger partial charge in [0, 0.05) is 24.3 Å². The van der Waals surface area contributed by atoms with Crippen LogP contribution in [0.15, 0.2) is 53.8 Å². The zero-order valence-corrected chi connectivity index (χ0v) is 16.3. The molecule has 150 valence electrons. The minimum absolute atomic E-state index is 0.181. The summed E-state index contributed by atoms with van der Waals surface area (Å²) >= 11 is 0. The number of hydrogen-bond donors (Lipinski definition) is 0. The minimum Gasteiger partial charge on any atom is -0.306 e. The van der Waals surface area contributed by atoms with Crippen LogP contribution >= 0.6 is 0 Å². The molecule has 6 nitrogen and oxygen atoms in total. The molecule has 0 aromatic carbocycles. The van der Waals surface area contributed by atoms with E-state index in [-0.39, 0.29) is 5.82 Å². The van der Waals surface area contributed by atoms with Crippen molar-refractivity contribution in [3.05, 3.63) is 60.2 Å². The van der Waals surface area contributed by atoms with E-state index in [9.17, 15) is 17.4 Å². The summed E-state index contributed by atoms with van der Waals surface area (Å²) in [4.78, 5) is 9.49. The van der Waals surface area contributed by atoms with Gasteiger partial charge in [0.15, 0.2) is 11.5 Å². The Hall–Kier alpha value is -3.01. The highest BCUT2D eigenvalue weighted by Gasteiger charge is 2.33. The van der Waals surface area contributed by atoms with Crippen molar-refractivity contribution in [3.63, 3.8) is 0 Å². The Morgan fingerprint density at radius 3 is 2.59 bits per heavy atom. The fourth-order valence-corrected chi connectivity index (χ4v) is 3.78. The maximum Gasteiger partial charge on any atom is 0.435 e. The molecule has 1 unspecified atom stereocenters. The Bertz CT molecular complexity index is 1230. The van der Waals surface area contributed by atoms with Crippen LogP contribution in [-0.4, -0.2) is 34.1 Å². The quantitative estimate of drug-likeness (QED) is 0.501. The van der Waals surface area contributed by atoms with E-state index in [1.807, 2.05) is 29.7 Å². The average molecular weight is 419 g/mol. The summed E-state index contributed by atoms with van der Waals surface area (Å²) < 4.78 is 54.0. The lowest BCUT2D eigenvalue weighted by Gasteiger charge is -2.09. The van der Waals surface area contributed by atoms with Gasteiger partial charge in [-0.3, -0.25) is 4.21 Å². The number of hydrogen-bond acceptors (Lipinski definition) is 4. The number of imidazole rings is 1. The minimum atomic E-state index is -4.54. The zero-order chi connectivity index (χ0) is 20.8. The van der Waals surface area contributed by atoms with Crippen LogP contribution in [0.2, 0.25) is 0 Å². The van der Waals surface area contributed by atoms with Gasteiger partial charge in [0.05, 0.1) is 15.7 Å². The Morgan fingerprint density at radius 2 is 1.90 bits per heavy atom. The molecule has 0 bridgehead atoms. The lowest BCUT2D eigenvalue weighted by atomic mass is 10.3. The summed E-state index contributed by atoms with van der Waals surface area (Å²) in [5, 5.41) is 3.56. The largest absolute Gasteiger partial charge is 0.435 e. The molecule has 0 aliphatic heterocycles. The van der Waals surface area contributed by atoms with Crippen LogP contribution in [0.3, 0.4) is 0 Å². The van der Waals surface area contributed by atoms with Gasteiger partial charge in [-0.2, -0.15) is 18.3 Å². The molecule has 1 atom stereocenters. The number of pyridine rings is 2. The van der Waals surface area contributed by atoms with Crippen molar-refractivity contribution in [2.45, 2.75) is 24.9 Å². The number of alkyl halides is 3. The van der Waals surface area contributed by atoms with Crippen molar-refractivity contribution in [2.75, 3.05) is 5.75 Å². The van der Waals surface area contributed by atoms with Gasteiger partial charge in [-0.1, -0.05) is 6.92 Å². The fourth-order valence-electron chi connectivity index (χ4n) is 2.89. The first kappa shape index (κ1) is 19.3. The fraction of sp³-hybridized carbons (Fsp3) is 0.211. The maximum atomic E-state index is 12.9. The topological polar surface area (TPSA) is 65.1 Å². The third-order valence-electron chi connectivity index (χ3n) is 4.32. The molecule has 4 aromatic heterocycles. The molecule has 0 aliphatic rings. The first-order valence-corrected chi connectivity index (χ1v) is 10.1. The molecule has 29 heavy (non-hydrogen) atoms. The Kier molecular flexibility index (Phi) is 4.73. The van der Waals surface area contributed by atoms with Crippen molar-refractivity contribution < 1.29 is 17.4 Å². The number of nitrogens with zero attached hydrogens (tertiary/aromatic N) is 5. The van der Waals surface area contributed by atoms with E-state index in [4.69, 9.17) is 0 Å². The predicted octanol–water partition coefficient (Wildman–Crippen LogP) is 4.04. The molecule has 0 N–H and O–H groups in total. The van der Waals surface area contributed by atoms with Crippen molar-refractivity contribution in [3.8, 4) is 17.2 Å². The zero-order valence-electron chi connectivity index (χ0n) is 15.5. The average Bonchev–Trinajstić information content (AvgIpc) is 3.33. The van der Waals surface area contributed by atoms with Crippen LogP contribution in [-0.2, 0) is 17.0 Å². The van der Waals surface area contributed by atoms with Gasteiger partial charge in [0.2, 0.25) is 0 Å². The molecule has 10 heteroatoms. The molecule has 0 amide bonds. The molecule has 4 aromatic rings. The lowest BCUT2D eigenvalue weighted by molar-refractivity contribution is -0.141. The number of rotatable bonds is 4. The number of aromatic nitrogens is 5. The van der Waals surface area contributed by atoms with Gasteiger partial charge < -0.3 is 4.40 Å². The molecule has 4 rings (SSSR count). The maximum absolute atomic E-state index is 12.9. The first-order valence-electron chi connectivity index (χ1n) is 8.74. The highest BCUT2D eigenvalue weighted by molar-refractivity contribution is 7.85. The summed E-state index contributed by atoms with van der Waals surface area (Å²) in [5.41, 5.74) is 1.56. The molecule has 0 saturated heterocycles. The van der Waals surface area contributed by atoms with E-state index in [1.54, 1.807) is 19.2 Å². The Balaban J connectivity index is 1.86. The molecular formula is C19H16F3N5OS. The van der Waals surface area contributed by atoms with Crippen molar-refractivity contribution in [1.82, 2.24) is 24.1 Å². The van der Waals surface area contributed by atoms with Crippen LogP contribution in [0.4, 0.5) is 13.2 Å². The molecule has 0 radical (unpaired) electrons. The Labute approximate surface area is 166 Å².